The van der Waals surface area contributed by atoms with Crippen molar-refractivity contribution >= 4 is 5.91 Å². The van der Waals surface area contributed by atoms with E-state index in [2.05, 4.69) is 27.1 Å². The standard InChI is InChI=1S/C19H22N4O/c1-15-8-10-20-23(15)13-9-19(24)21-16(2)17-6-5-7-18(14-17)22-11-3-4-12-22/h3-8,10-12,14,16H,9,13H2,1-2H3,(H,21,24). The van der Waals surface area contributed by atoms with E-state index in [4.69, 9.17) is 0 Å². The quantitative estimate of drug-likeness (QED) is 0.757. The molecule has 2 aromatic heterocycles. The summed E-state index contributed by atoms with van der Waals surface area (Å²) >= 11 is 0. The highest BCUT2D eigenvalue weighted by Crippen LogP contribution is 2.17. The SMILES string of the molecule is Cc1ccnn1CCC(=O)NC(C)c1cccc(-n2cccc2)c1. The van der Waals surface area contributed by atoms with Crippen LogP contribution in [-0.4, -0.2) is 20.3 Å². The lowest BCUT2D eigenvalue weighted by Crippen LogP contribution is -2.27. The monoisotopic (exact) mass is 322 g/mol. The number of aryl methyl sites for hydroxylation is 2. The first-order valence-corrected chi connectivity index (χ1v) is 8.14. The van der Waals surface area contributed by atoms with Gasteiger partial charge < -0.3 is 9.88 Å². The molecule has 0 saturated heterocycles. The molecule has 0 fully saturated rings. The van der Waals surface area contributed by atoms with Crippen LogP contribution in [0.3, 0.4) is 0 Å². The van der Waals surface area contributed by atoms with E-state index in [0.29, 0.717) is 13.0 Å². The molecule has 3 aromatic rings. The van der Waals surface area contributed by atoms with Crippen LogP contribution in [0.25, 0.3) is 5.69 Å². The highest BCUT2D eigenvalue weighted by atomic mass is 16.1. The summed E-state index contributed by atoms with van der Waals surface area (Å²) in [5.41, 5.74) is 3.24. The Balaban J connectivity index is 1.60. The lowest BCUT2D eigenvalue weighted by atomic mass is 10.1. The summed E-state index contributed by atoms with van der Waals surface area (Å²) in [7, 11) is 0. The van der Waals surface area contributed by atoms with Gasteiger partial charge >= 0.3 is 0 Å². The first-order chi connectivity index (χ1) is 11.6. The number of aromatic nitrogens is 3. The number of carbonyl (C=O) groups excluding carboxylic acids is 1. The number of nitrogens with one attached hydrogen (secondary N) is 1. The van der Waals surface area contributed by atoms with E-state index in [-0.39, 0.29) is 11.9 Å². The predicted molar refractivity (Wildman–Crippen MR) is 93.9 cm³/mol. The first kappa shape index (κ1) is 16.1. The van der Waals surface area contributed by atoms with Gasteiger partial charge in [-0.3, -0.25) is 9.48 Å². The number of benzene rings is 1. The van der Waals surface area contributed by atoms with E-state index in [9.17, 15) is 4.79 Å². The molecular formula is C19H22N4O. The summed E-state index contributed by atoms with van der Waals surface area (Å²) in [4.78, 5) is 12.2. The zero-order valence-electron chi connectivity index (χ0n) is 14.0. The average Bonchev–Trinajstić information content (AvgIpc) is 3.25. The van der Waals surface area contributed by atoms with E-state index >= 15 is 0 Å². The summed E-state index contributed by atoms with van der Waals surface area (Å²) < 4.78 is 3.90. The van der Waals surface area contributed by atoms with E-state index in [1.807, 2.05) is 61.3 Å². The number of hydrogen-bond donors (Lipinski definition) is 1. The van der Waals surface area contributed by atoms with Crippen molar-refractivity contribution in [3.63, 3.8) is 0 Å². The molecular weight excluding hydrogens is 300 g/mol. The van der Waals surface area contributed by atoms with Crippen molar-refractivity contribution in [1.29, 1.82) is 0 Å². The second kappa shape index (κ2) is 7.17. The molecule has 124 valence electrons. The van der Waals surface area contributed by atoms with Crippen molar-refractivity contribution in [2.75, 3.05) is 0 Å². The van der Waals surface area contributed by atoms with Gasteiger partial charge in [0.1, 0.15) is 0 Å². The molecule has 0 aliphatic rings. The summed E-state index contributed by atoms with van der Waals surface area (Å²) in [5.74, 6) is 0.0313. The fourth-order valence-corrected chi connectivity index (χ4v) is 2.70. The van der Waals surface area contributed by atoms with Crippen LogP contribution < -0.4 is 5.32 Å². The van der Waals surface area contributed by atoms with Crippen LogP contribution in [0.15, 0.2) is 61.1 Å². The van der Waals surface area contributed by atoms with Gasteiger partial charge in [0.2, 0.25) is 5.91 Å². The van der Waals surface area contributed by atoms with E-state index in [1.165, 1.54) is 0 Å². The van der Waals surface area contributed by atoms with Crippen molar-refractivity contribution < 1.29 is 4.79 Å². The maximum Gasteiger partial charge on any atom is 0.222 e. The lowest BCUT2D eigenvalue weighted by molar-refractivity contribution is -0.122. The second-order valence-corrected chi connectivity index (χ2v) is 5.92. The topological polar surface area (TPSA) is 51.9 Å². The van der Waals surface area contributed by atoms with Crippen molar-refractivity contribution in [2.45, 2.75) is 32.9 Å². The average molecular weight is 322 g/mol. The Kier molecular flexibility index (Phi) is 4.79. The number of rotatable bonds is 6. The van der Waals surface area contributed by atoms with Crippen LogP contribution >= 0.6 is 0 Å². The second-order valence-electron chi connectivity index (χ2n) is 5.92. The summed E-state index contributed by atoms with van der Waals surface area (Å²) in [6, 6.07) is 14.1. The maximum atomic E-state index is 12.2. The van der Waals surface area contributed by atoms with Crippen molar-refractivity contribution in [3.8, 4) is 5.69 Å². The van der Waals surface area contributed by atoms with E-state index in [0.717, 1.165) is 16.9 Å². The maximum absolute atomic E-state index is 12.2. The van der Waals surface area contributed by atoms with Crippen LogP contribution in [-0.2, 0) is 11.3 Å². The third kappa shape index (κ3) is 3.74. The van der Waals surface area contributed by atoms with Gasteiger partial charge in [0.25, 0.3) is 0 Å². The molecule has 1 amide bonds. The van der Waals surface area contributed by atoms with Crippen molar-refractivity contribution in [2.24, 2.45) is 0 Å². The van der Waals surface area contributed by atoms with Crippen LogP contribution in [0.2, 0.25) is 0 Å². The van der Waals surface area contributed by atoms with Crippen molar-refractivity contribution in [1.82, 2.24) is 19.7 Å². The van der Waals surface area contributed by atoms with Gasteiger partial charge in [-0.1, -0.05) is 12.1 Å². The number of nitrogens with zero attached hydrogens (tertiary/aromatic N) is 3. The highest BCUT2D eigenvalue weighted by Gasteiger charge is 2.11. The third-order valence-electron chi connectivity index (χ3n) is 4.13. The molecule has 2 heterocycles. The molecule has 0 bridgehead atoms. The van der Waals surface area contributed by atoms with Gasteiger partial charge in [0.15, 0.2) is 0 Å². The lowest BCUT2D eigenvalue weighted by Gasteiger charge is -2.16. The Labute approximate surface area is 141 Å². The minimum Gasteiger partial charge on any atom is -0.350 e. The molecule has 1 N–H and O–H groups in total. The Bertz CT molecular complexity index is 804. The van der Waals surface area contributed by atoms with Gasteiger partial charge in [0.05, 0.1) is 6.04 Å². The van der Waals surface area contributed by atoms with Crippen LogP contribution in [0.1, 0.15) is 30.6 Å². The fraction of sp³-hybridized carbons (Fsp3) is 0.263. The summed E-state index contributed by atoms with van der Waals surface area (Å²) in [6.45, 7) is 4.59. The minimum absolute atomic E-state index is 0.0313. The van der Waals surface area contributed by atoms with Crippen LogP contribution in [0.4, 0.5) is 0 Å². The number of amides is 1. The smallest absolute Gasteiger partial charge is 0.222 e. The molecule has 5 nitrogen and oxygen atoms in total. The molecule has 0 spiro atoms. The highest BCUT2D eigenvalue weighted by molar-refractivity contribution is 5.76. The molecule has 0 aliphatic carbocycles. The molecule has 24 heavy (non-hydrogen) atoms. The molecule has 5 heteroatoms. The zero-order chi connectivity index (χ0) is 16.9. The van der Waals surface area contributed by atoms with Gasteiger partial charge in [0, 0.05) is 42.9 Å². The van der Waals surface area contributed by atoms with Gasteiger partial charge in [-0.05, 0) is 49.7 Å². The largest absolute Gasteiger partial charge is 0.350 e. The van der Waals surface area contributed by atoms with Crippen LogP contribution in [0.5, 0.6) is 0 Å². The van der Waals surface area contributed by atoms with Crippen molar-refractivity contribution in [3.05, 3.63) is 72.3 Å². The van der Waals surface area contributed by atoms with Crippen LogP contribution in [0, 0.1) is 6.92 Å². The Morgan fingerprint density at radius 3 is 2.71 bits per heavy atom. The normalized spacial score (nSPS) is 12.1. The molecule has 0 aliphatic heterocycles. The number of carbonyl (C=O) groups is 1. The van der Waals surface area contributed by atoms with Gasteiger partial charge in [-0.2, -0.15) is 5.10 Å². The summed E-state index contributed by atoms with van der Waals surface area (Å²) in [5, 5.41) is 7.26. The molecule has 1 unspecified atom stereocenters. The Hall–Kier alpha value is -2.82. The Morgan fingerprint density at radius 2 is 2.00 bits per heavy atom. The number of hydrogen-bond acceptors (Lipinski definition) is 2. The molecule has 1 atom stereocenters. The minimum atomic E-state index is -0.0354. The van der Waals surface area contributed by atoms with E-state index < -0.39 is 0 Å². The molecule has 0 saturated carbocycles. The first-order valence-electron chi connectivity index (χ1n) is 8.14. The predicted octanol–water partition coefficient (Wildman–Crippen LogP) is 3.25. The Morgan fingerprint density at radius 1 is 1.21 bits per heavy atom. The third-order valence-corrected chi connectivity index (χ3v) is 4.13. The molecule has 3 rings (SSSR count). The zero-order valence-corrected chi connectivity index (χ0v) is 14.0. The summed E-state index contributed by atoms with van der Waals surface area (Å²) in [6.07, 6.45) is 6.19. The fourth-order valence-electron chi connectivity index (χ4n) is 2.70. The molecule has 1 aromatic carbocycles. The van der Waals surface area contributed by atoms with E-state index in [1.54, 1.807) is 6.20 Å². The van der Waals surface area contributed by atoms with Gasteiger partial charge in [-0.15, -0.1) is 0 Å². The van der Waals surface area contributed by atoms with Gasteiger partial charge in [-0.25, -0.2) is 0 Å². The molecule has 0 radical (unpaired) electrons.